The molecule has 4 N–H and O–H groups in total. The maximum Gasteiger partial charge on any atom is 0.408 e. The lowest BCUT2D eigenvalue weighted by Crippen LogP contribution is -2.40. The second kappa shape index (κ2) is 10.0. The number of alkyl carbamates (subject to hydrolysis) is 1. The zero-order valence-corrected chi connectivity index (χ0v) is 21.6. The highest BCUT2D eigenvalue weighted by Gasteiger charge is 2.32. The Kier molecular flexibility index (Phi) is 8.42. The minimum Gasteiger partial charge on any atom is -0.508 e. The van der Waals surface area contributed by atoms with Crippen LogP contribution >= 0.6 is 52.8 Å². The third kappa shape index (κ3) is 7.88. The summed E-state index contributed by atoms with van der Waals surface area (Å²) < 4.78 is 24.4. The van der Waals surface area contributed by atoms with Crippen molar-refractivity contribution in [1.29, 1.82) is 0 Å². The van der Waals surface area contributed by atoms with Crippen molar-refractivity contribution in [2.45, 2.75) is 38.6 Å². The maximum atomic E-state index is 12.0. The molecule has 0 heterocycles. The first-order valence-electron chi connectivity index (χ1n) is 8.74. The average molecular weight is 661 g/mol. The van der Waals surface area contributed by atoms with Gasteiger partial charge in [-0.1, -0.05) is 0 Å². The molecule has 0 spiro atoms. The quantitative estimate of drug-likeness (QED) is 0.255. The van der Waals surface area contributed by atoms with Gasteiger partial charge in [0, 0.05) is 6.42 Å². The molecule has 30 heavy (non-hydrogen) atoms. The Morgan fingerprint density at radius 3 is 2.13 bits per heavy atom. The van der Waals surface area contributed by atoms with Crippen molar-refractivity contribution in [1.82, 2.24) is 5.32 Å². The Morgan fingerprint density at radius 1 is 1.13 bits per heavy atom. The number of carbonyl (C=O) groups excluding carboxylic acids is 1. The van der Waals surface area contributed by atoms with Gasteiger partial charge in [0.05, 0.1) is 7.14 Å². The Hall–Kier alpha value is -1.08. The SMILES string of the molecule is CC(C)(C)OC(=O)NC(Cc1cc(I)c(Oc2ccc(O)cc2)c(I)c1)P(=O)(O)O. The van der Waals surface area contributed by atoms with E-state index in [0.29, 0.717) is 17.1 Å². The molecule has 0 bridgehead atoms. The number of carbonyl (C=O) groups is 1. The van der Waals surface area contributed by atoms with E-state index in [2.05, 4.69) is 50.5 Å². The minimum atomic E-state index is -4.63. The first-order valence-corrected chi connectivity index (χ1v) is 12.6. The number of ether oxygens (including phenoxy) is 2. The molecule has 1 amide bonds. The van der Waals surface area contributed by atoms with Gasteiger partial charge in [-0.15, -0.1) is 0 Å². The third-order valence-electron chi connectivity index (χ3n) is 3.63. The van der Waals surface area contributed by atoms with Crippen LogP contribution in [0.25, 0.3) is 0 Å². The predicted octanol–water partition coefficient (Wildman–Crippen LogP) is 4.96. The van der Waals surface area contributed by atoms with E-state index in [4.69, 9.17) is 9.47 Å². The summed E-state index contributed by atoms with van der Waals surface area (Å²) >= 11 is 4.14. The Balaban J connectivity index is 2.21. The van der Waals surface area contributed by atoms with Crippen LogP contribution in [0.5, 0.6) is 17.2 Å². The van der Waals surface area contributed by atoms with Crippen molar-refractivity contribution in [3.05, 3.63) is 49.1 Å². The maximum absolute atomic E-state index is 12.0. The van der Waals surface area contributed by atoms with Crippen LogP contribution in [0.4, 0.5) is 4.79 Å². The van der Waals surface area contributed by atoms with E-state index >= 15 is 0 Å². The fourth-order valence-electron chi connectivity index (χ4n) is 2.38. The van der Waals surface area contributed by atoms with E-state index in [1.165, 1.54) is 12.1 Å². The van der Waals surface area contributed by atoms with Crippen LogP contribution in [0.2, 0.25) is 0 Å². The molecule has 1 unspecified atom stereocenters. The number of hydrogen-bond donors (Lipinski definition) is 4. The normalized spacial score (nSPS) is 12.9. The van der Waals surface area contributed by atoms with Gasteiger partial charge in [-0.25, -0.2) is 4.79 Å². The van der Waals surface area contributed by atoms with Crippen molar-refractivity contribution in [2.24, 2.45) is 0 Å². The molecule has 8 nitrogen and oxygen atoms in total. The molecular formula is C19H22I2NO7P. The van der Waals surface area contributed by atoms with E-state index < -0.39 is 25.1 Å². The van der Waals surface area contributed by atoms with Gasteiger partial charge >= 0.3 is 13.7 Å². The van der Waals surface area contributed by atoms with Crippen LogP contribution in [0.15, 0.2) is 36.4 Å². The summed E-state index contributed by atoms with van der Waals surface area (Å²) in [4.78, 5) is 31.4. The van der Waals surface area contributed by atoms with Crippen LogP contribution in [-0.2, 0) is 15.7 Å². The van der Waals surface area contributed by atoms with E-state index in [1.807, 2.05) is 0 Å². The molecule has 164 valence electrons. The zero-order valence-electron chi connectivity index (χ0n) is 16.4. The molecular weight excluding hydrogens is 639 g/mol. The van der Waals surface area contributed by atoms with Crippen LogP contribution in [0.3, 0.4) is 0 Å². The minimum absolute atomic E-state index is 0.0883. The zero-order chi connectivity index (χ0) is 22.7. The van der Waals surface area contributed by atoms with Crippen LogP contribution in [0, 0.1) is 7.14 Å². The molecule has 1 atom stereocenters. The summed E-state index contributed by atoms with van der Waals surface area (Å²) in [5, 5.41) is 11.7. The van der Waals surface area contributed by atoms with Crippen LogP contribution in [0.1, 0.15) is 26.3 Å². The van der Waals surface area contributed by atoms with Gasteiger partial charge in [-0.05, 0) is 108 Å². The Morgan fingerprint density at radius 2 is 1.67 bits per heavy atom. The van der Waals surface area contributed by atoms with E-state index in [0.717, 1.165) is 7.14 Å². The first-order chi connectivity index (χ1) is 13.7. The fraction of sp³-hybridized carbons (Fsp3) is 0.316. The van der Waals surface area contributed by atoms with E-state index in [-0.39, 0.29) is 12.2 Å². The molecule has 0 saturated carbocycles. The summed E-state index contributed by atoms with van der Waals surface area (Å²) in [5.41, 5.74) is -0.173. The molecule has 2 aromatic carbocycles. The topological polar surface area (TPSA) is 125 Å². The fourth-order valence-corrected chi connectivity index (χ4v) is 5.22. The number of nitrogens with one attached hydrogen (secondary N) is 1. The van der Waals surface area contributed by atoms with Gasteiger partial charge in [0.25, 0.3) is 0 Å². The summed E-state index contributed by atoms with van der Waals surface area (Å²) in [5.74, 6) is -0.180. The molecule has 11 heteroatoms. The Bertz CT molecular complexity index is 931. The van der Waals surface area contributed by atoms with Crippen molar-refractivity contribution in [3.63, 3.8) is 0 Å². The Labute approximate surface area is 201 Å². The number of rotatable bonds is 6. The van der Waals surface area contributed by atoms with Gasteiger partial charge < -0.3 is 29.7 Å². The summed E-state index contributed by atoms with van der Waals surface area (Å²) in [6.07, 6.45) is -0.984. The highest BCUT2D eigenvalue weighted by Crippen LogP contribution is 2.42. The molecule has 0 aromatic heterocycles. The van der Waals surface area contributed by atoms with Gasteiger partial charge in [0.2, 0.25) is 0 Å². The lowest BCUT2D eigenvalue weighted by molar-refractivity contribution is 0.0513. The molecule has 0 fully saturated rings. The first kappa shape index (κ1) is 25.2. The number of amides is 1. The molecule has 0 aliphatic carbocycles. The molecule has 0 radical (unpaired) electrons. The second-order valence-corrected chi connectivity index (χ2v) is 11.6. The van der Waals surface area contributed by atoms with Gasteiger partial charge in [0.1, 0.15) is 22.9 Å². The third-order valence-corrected chi connectivity index (χ3v) is 6.36. The largest absolute Gasteiger partial charge is 0.508 e. The smallest absolute Gasteiger partial charge is 0.408 e. The monoisotopic (exact) mass is 661 g/mol. The average Bonchev–Trinajstić information content (AvgIpc) is 2.57. The number of halogens is 2. The lowest BCUT2D eigenvalue weighted by atomic mass is 10.1. The van der Waals surface area contributed by atoms with Gasteiger partial charge in [-0.3, -0.25) is 4.57 Å². The van der Waals surface area contributed by atoms with Gasteiger partial charge in [0.15, 0.2) is 5.75 Å². The summed E-state index contributed by atoms with van der Waals surface area (Å²) in [7, 11) is -4.63. The summed E-state index contributed by atoms with van der Waals surface area (Å²) in [6, 6.07) is 9.75. The molecule has 2 aromatic rings. The molecule has 0 aliphatic heterocycles. The van der Waals surface area contributed by atoms with Crippen molar-refractivity contribution < 1.29 is 33.7 Å². The molecule has 2 rings (SSSR count). The highest BCUT2D eigenvalue weighted by molar-refractivity contribution is 14.1. The second-order valence-electron chi connectivity index (χ2n) is 7.44. The van der Waals surface area contributed by atoms with E-state index in [9.17, 15) is 24.3 Å². The van der Waals surface area contributed by atoms with Crippen molar-refractivity contribution in [2.75, 3.05) is 0 Å². The van der Waals surface area contributed by atoms with E-state index in [1.54, 1.807) is 45.0 Å². The van der Waals surface area contributed by atoms with Crippen molar-refractivity contribution in [3.8, 4) is 17.2 Å². The lowest BCUT2D eigenvalue weighted by Gasteiger charge is -2.24. The summed E-state index contributed by atoms with van der Waals surface area (Å²) in [6.45, 7) is 4.99. The van der Waals surface area contributed by atoms with Crippen LogP contribution in [-0.4, -0.2) is 32.4 Å². The number of aromatic hydroxyl groups is 1. The molecule has 0 aliphatic rings. The number of hydrogen-bond acceptors (Lipinski definition) is 5. The number of phenolic OH excluding ortho intramolecular Hbond substituents is 1. The van der Waals surface area contributed by atoms with Gasteiger partial charge in [-0.2, -0.15) is 0 Å². The van der Waals surface area contributed by atoms with Crippen LogP contribution < -0.4 is 10.1 Å². The standard InChI is InChI=1S/C19H22I2NO7P/c1-19(2,3)29-18(24)22-16(30(25,26)27)10-11-8-14(20)17(15(21)9-11)28-13-6-4-12(23)5-7-13/h4-9,16,23H,10H2,1-3H3,(H,22,24)(H2,25,26,27). The van der Waals surface area contributed by atoms with Crippen molar-refractivity contribution >= 4 is 58.9 Å². The predicted molar refractivity (Wildman–Crippen MR) is 129 cm³/mol. The number of benzene rings is 2. The molecule has 0 saturated heterocycles. The highest BCUT2D eigenvalue weighted by atomic mass is 127. The number of phenols is 1.